The van der Waals surface area contributed by atoms with Gasteiger partial charge in [-0.15, -0.1) is 12.4 Å². The third-order valence-electron chi connectivity index (χ3n) is 4.17. The maximum absolute atomic E-state index is 12.0. The number of aliphatic hydroxyl groups excluding tert-OH is 1. The van der Waals surface area contributed by atoms with Crippen molar-refractivity contribution in [2.75, 3.05) is 37.7 Å². The van der Waals surface area contributed by atoms with Crippen molar-refractivity contribution in [1.82, 2.24) is 5.32 Å². The Hall–Kier alpha value is -1.30. The number of rotatable bonds is 9. The van der Waals surface area contributed by atoms with E-state index >= 15 is 0 Å². The fourth-order valence-corrected chi connectivity index (χ4v) is 2.83. The second-order valence-electron chi connectivity index (χ2n) is 6.09. The molecule has 0 spiro atoms. The van der Waals surface area contributed by atoms with E-state index in [2.05, 4.69) is 5.32 Å². The molecule has 6 heteroatoms. The summed E-state index contributed by atoms with van der Waals surface area (Å²) in [7, 11) is 0. The summed E-state index contributed by atoms with van der Waals surface area (Å²) in [6, 6.07) is 5.95. The molecule has 2 N–H and O–H groups in total. The van der Waals surface area contributed by atoms with Crippen LogP contribution in [0.15, 0.2) is 18.2 Å². The van der Waals surface area contributed by atoms with Crippen LogP contribution in [0.3, 0.4) is 0 Å². The average molecular weight is 357 g/mol. The van der Waals surface area contributed by atoms with Crippen LogP contribution in [-0.4, -0.2) is 43.9 Å². The second kappa shape index (κ2) is 10.5. The van der Waals surface area contributed by atoms with Crippen molar-refractivity contribution in [2.24, 2.45) is 5.92 Å². The molecule has 5 nitrogen and oxygen atoms in total. The molecule has 0 aliphatic carbocycles. The highest BCUT2D eigenvalue weighted by atomic mass is 35.5. The first-order valence-corrected chi connectivity index (χ1v) is 8.54. The van der Waals surface area contributed by atoms with E-state index in [1.165, 1.54) is 0 Å². The topological polar surface area (TPSA) is 61.8 Å². The quantitative estimate of drug-likeness (QED) is 0.667. The van der Waals surface area contributed by atoms with E-state index < -0.39 is 0 Å². The van der Waals surface area contributed by atoms with Crippen LogP contribution in [-0.2, 0) is 11.2 Å². The van der Waals surface area contributed by atoms with Crippen LogP contribution in [0, 0.1) is 5.92 Å². The van der Waals surface area contributed by atoms with Crippen molar-refractivity contribution in [3.63, 3.8) is 0 Å². The van der Waals surface area contributed by atoms with Gasteiger partial charge in [-0.3, -0.25) is 4.79 Å². The molecule has 1 unspecified atom stereocenters. The fourth-order valence-electron chi connectivity index (χ4n) is 2.83. The van der Waals surface area contributed by atoms with Crippen molar-refractivity contribution in [3.8, 4) is 5.75 Å². The van der Waals surface area contributed by atoms with Crippen LogP contribution < -0.4 is 15.0 Å². The molecule has 2 rings (SSSR count). The number of nitrogens with one attached hydrogen (secondary N) is 1. The van der Waals surface area contributed by atoms with Crippen molar-refractivity contribution in [3.05, 3.63) is 23.8 Å². The third-order valence-corrected chi connectivity index (χ3v) is 4.17. The van der Waals surface area contributed by atoms with Crippen LogP contribution in [0.1, 0.15) is 32.3 Å². The Kier molecular flexibility index (Phi) is 9.11. The van der Waals surface area contributed by atoms with Crippen molar-refractivity contribution < 1.29 is 14.6 Å². The summed E-state index contributed by atoms with van der Waals surface area (Å²) in [5.74, 6) is 1.38. The van der Waals surface area contributed by atoms with Gasteiger partial charge in [-0.25, -0.2) is 0 Å². The summed E-state index contributed by atoms with van der Waals surface area (Å²) in [5, 5.41) is 12.3. The maximum atomic E-state index is 12.0. The van der Waals surface area contributed by atoms with Gasteiger partial charge in [0.2, 0.25) is 5.91 Å². The Morgan fingerprint density at radius 2 is 2.17 bits per heavy atom. The smallest absolute Gasteiger partial charge is 0.227 e. The lowest BCUT2D eigenvalue weighted by molar-refractivity contribution is -0.118. The van der Waals surface area contributed by atoms with Crippen LogP contribution in [0.4, 0.5) is 5.69 Å². The third kappa shape index (κ3) is 5.36. The number of nitrogens with zero attached hydrogens (tertiary/aromatic N) is 1. The molecule has 1 atom stereocenters. The fraction of sp³-hybridized carbons (Fsp3) is 0.611. The van der Waals surface area contributed by atoms with E-state index in [-0.39, 0.29) is 30.8 Å². The van der Waals surface area contributed by atoms with Crippen LogP contribution >= 0.6 is 12.4 Å². The van der Waals surface area contributed by atoms with Gasteiger partial charge in [0.1, 0.15) is 5.75 Å². The SMILES string of the molecule is CCN1C(=O)CCc2c(OCCCNCC(C)CO)cccc21.Cl. The molecule has 24 heavy (non-hydrogen) atoms. The first-order chi connectivity index (χ1) is 11.2. The summed E-state index contributed by atoms with van der Waals surface area (Å²) in [4.78, 5) is 13.8. The molecule has 0 aromatic heterocycles. The zero-order valence-electron chi connectivity index (χ0n) is 14.6. The summed E-state index contributed by atoms with van der Waals surface area (Å²) in [6.07, 6.45) is 2.23. The minimum Gasteiger partial charge on any atom is -0.493 e. The highest BCUT2D eigenvalue weighted by Crippen LogP contribution is 2.34. The Balaban J connectivity index is 0.00000288. The van der Waals surface area contributed by atoms with E-state index in [9.17, 15) is 4.79 Å². The lowest BCUT2D eigenvalue weighted by atomic mass is 10.00. The van der Waals surface area contributed by atoms with Crippen molar-refractivity contribution >= 4 is 24.0 Å². The number of amides is 1. The highest BCUT2D eigenvalue weighted by molar-refractivity contribution is 5.96. The molecular weight excluding hydrogens is 328 g/mol. The summed E-state index contributed by atoms with van der Waals surface area (Å²) in [6.45, 7) is 7.27. The number of aliphatic hydroxyl groups is 1. The van der Waals surface area contributed by atoms with Crippen LogP contribution in [0.25, 0.3) is 0 Å². The van der Waals surface area contributed by atoms with E-state index in [1.54, 1.807) is 0 Å². The molecule has 0 fully saturated rings. The average Bonchev–Trinajstić information content (AvgIpc) is 2.57. The standard InChI is InChI=1S/C18H28N2O3.ClH/c1-3-20-16-6-4-7-17(15(16)8-9-18(20)22)23-11-5-10-19-12-14(2)13-21;/h4,6-7,14,19,21H,3,5,8-13H2,1-2H3;1H. The number of anilines is 1. The number of hydrogen-bond acceptors (Lipinski definition) is 4. The molecule has 0 bridgehead atoms. The Bertz CT molecular complexity index is 525. The monoisotopic (exact) mass is 356 g/mol. The molecule has 1 aliphatic heterocycles. The first kappa shape index (κ1) is 20.7. The summed E-state index contributed by atoms with van der Waals surface area (Å²) < 4.78 is 5.94. The maximum Gasteiger partial charge on any atom is 0.227 e. The minimum atomic E-state index is 0. The van der Waals surface area contributed by atoms with Gasteiger partial charge in [0.05, 0.1) is 12.3 Å². The van der Waals surface area contributed by atoms with Crippen molar-refractivity contribution in [1.29, 1.82) is 0 Å². The van der Waals surface area contributed by atoms with Gasteiger partial charge in [-0.2, -0.15) is 0 Å². The van der Waals surface area contributed by atoms with Gasteiger partial charge in [-0.05, 0) is 50.9 Å². The van der Waals surface area contributed by atoms with E-state index in [4.69, 9.17) is 9.84 Å². The number of halogens is 1. The Morgan fingerprint density at radius 3 is 2.88 bits per heavy atom. The first-order valence-electron chi connectivity index (χ1n) is 8.54. The van der Waals surface area contributed by atoms with Gasteiger partial charge < -0.3 is 20.1 Å². The molecule has 1 aromatic rings. The number of carbonyl (C=O) groups excluding carboxylic acids is 1. The lowest BCUT2D eigenvalue weighted by Gasteiger charge is -2.29. The zero-order valence-corrected chi connectivity index (χ0v) is 15.4. The molecule has 1 aromatic carbocycles. The van der Waals surface area contributed by atoms with Crippen LogP contribution in [0.2, 0.25) is 0 Å². The molecule has 0 saturated heterocycles. The van der Waals surface area contributed by atoms with E-state index in [0.717, 1.165) is 42.9 Å². The van der Waals surface area contributed by atoms with Gasteiger partial charge in [0.25, 0.3) is 0 Å². The minimum absolute atomic E-state index is 0. The summed E-state index contributed by atoms with van der Waals surface area (Å²) in [5.41, 5.74) is 2.15. The number of ether oxygens (including phenoxy) is 1. The van der Waals surface area contributed by atoms with Gasteiger partial charge in [0, 0.05) is 25.1 Å². The molecular formula is C18H29ClN2O3. The molecule has 136 valence electrons. The predicted molar refractivity (Wildman–Crippen MR) is 99.3 cm³/mol. The molecule has 1 heterocycles. The Morgan fingerprint density at radius 1 is 1.38 bits per heavy atom. The summed E-state index contributed by atoms with van der Waals surface area (Å²) >= 11 is 0. The number of carbonyl (C=O) groups is 1. The molecule has 1 aliphatic rings. The molecule has 0 radical (unpaired) electrons. The highest BCUT2D eigenvalue weighted by Gasteiger charge is 2.25. The van der Waals surface area contributed by atoms with Crippen LogP contribution in [0.5, 0.6) is 5.75 Å². The van der Waals surface area contributed by atoms with Gasteiger partial charge in [0.15, 0.2) is 0 Å². The number of fused-ring (bicyclic) bond motifs is 1. The largest absolute Gasteiger partial charge is 0.493 e. The lowest BCUT2D eigenvalue weighted by Crippen LogP contribution is -2.34. The van der Waals surface area contributed by atoms with Crippen molar-refractivity contribution in [2.45, 2.75) is 33.1 Å². The van der Waals surface area contributed by atoms with E-state index in [0.29, 0.717) is 19.6 Å². The van der Waals surface area contributed by atoms with E-state index in [1.807, 2.05) is 36.9 Å². The second-order valence-corrected chi connectivity index (χ2v) is 6.09. The van der Waals surface area contributed by atoms with Gasteiger partial charge >= 0.3 is 0 Å². The normalized spacial score (nSPS) is 14.8. The zero-order chi connectivity index (χ0) is 16.7. The molecule has 1 amide bonds. The van der Waals surface area contributed by atoms with Gasteiger partial charge in [-0.1, -0.05) is 13.0 Å². The predicted octanol–water partition coefficient (Wildman–Crippen LogP) is 2.39. The molecule has 0 saturated carbocycles. The number of hydrogen-bond donors (Lipinski definition) is 2. The number of benzene rings is 1. The Labute approximate surface area is 150 Å².